The van der Waals surface area contributed by atoms with Crippen molar-refractivity contribution in [3.8, 4) is 0 Å². The number of carbonyl (C=O) groups excluding carboxylic acids is 2. The van der Waals surface area contributed by atoms with Crippen molar-refractivity contribution in [1.29, 1.82) is 0 Å². The van der Waals surface area contributed by atoms with Crippen LogP contribution >= 0.6 is 11.3 Å². The van der Waals surface area contributed by atoms with Gasteiger partial charge in [-0.3, -0.25) is 19.6 Å². The van der Waals surface area contributed by atoms with Crippen LogP contribution in [0.15, 0.2) is 47.8 Å². The molecule has 11 heteroatoms. The zero-order valence-corrected chi connectivity index (χ0v) is 18.2. The van der Waals surface area contributed by atoms with Crippen LogP contribution in [0.25, 0.3) is 0 Å². The molecule has 0 radical (unpaired) electrons. The van der Waals surface area contributed by atoms with E-state index in [1.54, 1.807) is 30.5 Å². The van der Waals surface area contributed by atoms with Gasteiger partial charge in [-0.25, -0.2) is 17.8 Å². The maximum absolute atomic E-state index is 13.7. The van der Waals surface area contributed by atoms with Crippen LogP contribution in [-0.4, -0.2) is 31.5 Å². The molecule has 0 aliphatic rings. The van der Waals surface area contributed by atoms with E-state index in [-0.39, 0.29) is 23.0 Å². The molecule has 2 amide bonds. The third-order valence-corrected chi connectivity index (χ3v) is 5.45. The van der Waals surface area contributed by atoms with Crippen LogP contribution < -0.4 is 15.4 Å². The summed E-state index contributed by atoms with van der Waals surface area (Å²) in [6.07, 6.45) is 0.983. The fourth-order valence-corrected chi connectivity index (χ4v) is 3.96. The van der Waals surface area contributed by atoms with Gasteiger partial charge in [0.15, 0.2) is 5.13 Å². The lowest BCUT2D eigenvalue weighted by molar-refractivity contribution is -0.115. The Morgan fingerprint density at radius 2 is 1.87 bits per heavy atom. The number of anilines is 3. The van der Waals surface area contributed by atoms with Gasteiger partial charge in [-0.15, -0.1) is 11.3 Å². The number of nitrogens with zero attached hydrogens (tertiary/aromatic N) is 1. The Morgan fingerprint density at radius 3 is 2.58 bits per heavy atom. The number of aromatic nitrogens is 1. The molecular formula is C20H19FN4O4S2. The fraction of sp³-hybridized carbons (Fsp3) is 0.150. The second kappa shape index (κ2) is 9.23. The Bertz CT molecular complexity index is 1240. The monoisotopic (exact) mass is 462 g/mol. The molecule has 0 saturated heterocycles. The number of hydrogen-bond acceptors (Lipinski definition) is 6. The molecular weight excluding hydrogens is 443 g/mol. The van der Waals surface area contributed by atoms with E-state index in [9.17, 15) is 22.4 Å². The zero-order valence-electron chi connectivity index (χ0n) is 16.6. The highest BCUT2D eigenvalue weighted by Crippen LogP contribution is 2.22. The van der Waals surface area contributed by atoms with Gasteiger partial charge in [0.25, 0.3) is 5.91 Å². The molecule has 3 rings (SSSR count). The minimum atomic E-state index is -3.45. The van der Waals surface area contributed by atoms with Gasteiger partial charge in [-0.1, -0.05) is 18.2 Å². The summed E-state index contributed by atoms with van der Waals surface area (Å²) in [7, 11) is -3.45. The SMILES string of the molecule is Cc1ccc(NC(=O)Cc2csc(NC(=O)c3ccccc3F)n2)cc1NS(C)(=O)=O. The number of benzene rings is 2. The lowest BCUT2D eigenvalue weighted by Crippen LogP contribution is -2.16. The van der Waals surface area contributed by atoms with Crippen molar-refractivity contribution in [2.75, 3.05) is 21.6 Å². The summed E-state index contributed by atoms with van der Waals surface area (Å²) in [5, 5.41) is 7.05. The Labute approximate surface area is 182 Å². The summed E-state index contributed by atoms with van der Waals surface area (Å²) in [6.45, 7) is 1.74. The highest BCUT2D eigenvalue weighted by Gasteiger charge is 2.14. The Balaban J connectivity index is 1.62. The molecule has 1 aromatic heterocycles. The predicted octanol–water partition coefficient (Wildman–Crippen LogP) is 3.40. The number of nitrogens with one attached hydrogen (secondary N) is 3. The highest BCUT2D eigenvalue weighted by molar-refractivity contribution is 7.92. The lowest BCUT2D eigenvalue weighted by atomic mass is 10.2. The van der Waals surface area contributed by atoms with Crippen LogP contribution in [0.2, 0.25) is 0 Å². The van der Waals surface area contributed by atoms with Crippen molar-refractivity contribution in [3.05, 3.63) is 70.5 Å². The topological polar surface area (TPSA) is 117 Å². The number of aryl methyl sites for hydroxylation is 1. The molecule has 0 bridgehead atoms. The van der Waals surface area contributed by atoms with Crippen molar-refractivity contribution in [1.82, 2.24) is 4.98 Å². The van der Waals surface area contributed by atoms with Crippen LogP contribution in [0, 0.1) is 12.7 Å². The normalized spacial score (nSPS) is 11.1. The van der Waals surface area contributed by atoms with Gasteiger partial charge >= 0.3 is 0 Å². The summed E-state index contributed by atoms with van der Waals surface area (Å²) in [4.78, 5) is 28.7. The number of sulfonamides is 1. The zero-order chi connectivity index (χ0) is 22.6. The fourth-order valence-electron chi connectivity index (χ4n) is 2.63. The van der Waals surface area contributed by atoms with E-state index >= 15 is 0 Å². The van der Waals surface area contributed by atoms with Crippen molar-refractivity contribution in [2.24, 2.45) is 0 Å². The van der Waals surface area contributed by atoms with E-state index in [1.165, 1.54) is 24.3 Å². The summed E-state index contributed by atoms with van der Waals surface area (Å²) >= 11 is 1.12. The lowest BCUT2D eigenvalue weighted by Gasteiger charge is -2.11. The number of carbonyl (C=O) groups is 2. The Morgan fingerprint density at radius 1 is 1.13 bits per heavy atom. The van der Waals surface area contributed by atoms with Crippen LogP contribution in [0.3, 0.4) is 0 Å². The second-order valence-corrected chi connectivity index (χ2v) is 9.31. The van der Waals surface area contributed by atoms with Gasteiger partial charge in [0.2, 0.25) is 15.9 Å². The molecule has 3 N–H and O–H groups in total. The molecule has 0 atom stereocenters. The van der Waals surface area contributed by atoms with E-state index in [0.29, 0.717) is 22.6 Å². The van der Waals surface area contributed by atoms with E-state index < -0.39 is 21.7 Å². The molecule has 0 unspecified atom stereocenters. The van der Waals surface area contributed by atoms with Crippen LogP contribution in [0.4, 0.5) is 20.9 Å². The largest absolute Gasteiger partial charge is 0.326 e. The third-order valence-electron chi connectivity index (χ3n) is 4.05. The van der Waals surface area contributed by atoms with Gasteiger partial charge in [-0.05, 0) is 36.8 Å². The first-order valence-corrected chi connectivity index (χ1v) is 11.8. The second-order valence-electron chi connectivity index (χ2n) is 6.71. The van der Waals surface area contributed by atoms with Crippen molar-refractivity contribution < 1.29 is 22.4 Å². The van der Waals surface area contributed by atoms with E-state index in [4.69, 9.17) is 0 Å². The number of amides is 2. The highest BCUT2D eigenvalue weighted by atomic mass is 32.2. The first-order valence-electron chi connectivity index (χ1n) is 8.99. The van der Waals surface area contributed by atoms with Crippen molar-refractivity contribution in [3.63, 3.8) is 0 Å². The average molecular weight is 463 g/mol. The number of thiazole rings is 1. The number of hydrogen-bond donors (Lipinski definition) is 3. The maximum Gasteiger partial charge on any atom is 0.260 e. The molecule has 3 aromatic rings. The average Bonchev–Trinajstić information content (AvgIpc) is 3.10. The van der Waals surface area contributed by atoms with Crippen LogP contribution in [0.5, 0.6) is 0 Å². The number of halogens is 1. The first-order chi connectivity index (χ1) is 14.6. The molecule has 2 aromatic carbocycles. The quantitative estimate of drug-likeness (QED) is 0.498. The van der Waals surface area contributed by atoms with Gasteiger partial charge in [0, 0.05) is 11.1 Å². The van der Waals surface area contributed by atoms with E-state index in [1.807, 2.05) is 0 Å². The molecule has 8 nitrogen and oxygen atoms in total. The predicted molar refractivity (Wildman–Crippen MR) is 118 cm³/mol. The maximum atomic E-state index is 13.7. The summed E-state index contributed by atoms with van der Waals surface area (Å²) in [5.74, 6) is -1.64. The van der Waals surface area contributed by atoms with Crippen LogP contribution in [-0.2, 0) is 21.2 Å². The van der Waals surface area contributed by atoms with Crippen LogP contribution in [0.1, 0.15) is 21.6 Å². The van der Waals surface area contributed by atoms with Crippen molar-refractivity contribution in [2.45, 2.75) is 13.3 Å². The van der Waals surface area contributed by atoms with E-state index in [2.05, 4.69) is 20.3 Å². The summed E-state index contributed by atoms with van der Waals surface area (Å²) in [5.41, 5.74) is 1.82. The van der Waals surface area contributed by atoms with Gasteiger partial charge in [0.05, 0.1) is 29.6 Å². The molecule has 0 fully saturated rings. The number of rotatable bonds is 7. The Hall–Kier alpha value is -3.31. The van der Waals surface area contributed by atoms with E-state index in [0.717, 1.165) is 17.6 Å². The third kappa shape index (κ3) is 6.33. The first kappa shape index (κ1) is 22.4. The minimum absolute atomic E-state index is 0.0607. The Kier molecular flexibility index (Phi) is 6.66. The molecule has 0 spiro atoms. The summed E-state index contributed by atoms with van der Waals surface area (Å²) < 4.78 is 39.0. The molecule has 1 heterocycles. The minimum Gasteiger partial charge on any atom is -0.326 e. The molecule has 31 heavy (non-hydrogen) atoms. The molecule has 162 valence electrons. The summed E-state index contributed by atoms with van der Waals surface area (Å²) in [6, 6.07) is 10.5. The molecule has 0 aliphatic carbocycles. The van der Waals surface area contributed by atoms with Gasteiger partial charge in [0.1, 0.15) is 5.82 Å². The van der Waals surface area contributed by atoms with Gasteiger partial charge < -0.3 is 5.32 Å². The smallest absolute Gasteiger partial charge is 0.260 e. The van der Waals surface area contributed by atoms with Gasteiger partial charge in [-0.2, -0.15) is 0 Å². The van der Waals surface area contributed by atoms with Crippen molar-refractivity contribution >= 4 is 49.7 Å². The molecule has 0 aliphatic heterocycles. The molecule has 0 saturated carbocycles. The standard InChI is InChI=1S/C20H19FN4O4S2/c1-12-7-8-13(9-17(12)25-31(2,28)29)22-18(26)10-14-11-30-20(23-14)24-19(27)15-5-3-4-6-16(15)21/h3-9,11,25H,10H2,1-2H3,(H,22,26)(H,23,24,27).